The number of ether oxygens (including phenoxy) is 1. The van der Waals surface area contributed by atoms with Gasteiger partial charge in [-0.1, -0.05) is 37.3 Å². The first kappa shape index (κ1) is 14.8. The summed E-state index contributed by atoms with van der Waals surface area (Å²) in [5.41, 5.74) is 1.20. The van der Waals surface area contributed by atoms with E-state index in [2.05, 4.69) is 30.3 Å². The van der Waals surface area contributed by atoms with Gasteiger partial charge in [0.05, 0.1) is 6.10 Å². The summed E-state index contributed by atoms with van der Waals surface area (Å²) < 4.78 is 5.66. The lowest BCUT2D eigenvalue weighted by molar-refractivity contribution is 0.0654. The third-order valence-electron chi connectivity index (χ3n) is 3.00. The summed E-state index contributed by atoms with van der Waals surface area (Å²) in [4.78, 5) is 0. The van der Waals surface area contributed by atoms with Gasteiger partial charge in [0.15, 0.2) is 0 Å². The van der Waals surface area contributed by atoms with E-state index in [0.717, 1.165) is 25.8 Å². The second-order valence-electron chi connectivity index (χ2n) is 4.37. The van der Waals surface area contributed by atoms with E-state index in [1.54, 1.807) is 7.11 Å². The van der Waals surface area contributed by atoms with Crippen LogP contribution in [0.15, 0.2) is 30.3 Å². The second kappa shape index (κ2) is 8.74. The molecule has 1 rings (SSSR count). The molecule has 0 aliphatic heterocycles. The summed E-state index contributed by atoms with van der Waals surface area (Å²) >= 11 is 0. The smallest absolute Gasteiger partial charge is 0.0974 e. The minimum absolute atomic E-state index is 0.0612. The zero-order valence-corrected chi connectivity index (χ0v) is 11.4. The molecule has 0 aliphatic rings. The summed E-state index contributed by atoms with van der Waals surface area (Å²) in [7, 11) is 1.76. The molecular weight excluding hydrogens is 222 g/mol. The van der Waals surface area contributed by atoms with Crippen molar-refractivity contribution in [3.8, 4) is 12.3 Å². The quantitative estimate of drug-likeness (QED) is 0.710. The number of methoxy groups -OCH3 is 1. The minimum atomic E-state index is 0.0612. The molecule has 0 bridgehead atoms. The van der Waals surface area contributed by atoms with Gasteiger partial charge in [-0.2, -0.15) is 0 Å². The molecule has 0 saturated carbocycles. The Balaban J connectivity index is 2.76. The Labute approximate surface area is 111 Å². The third-order valence-corrected chi connectivity index (χ3v) is 3.00. The van der Waals surface area contributed by atoms with Crippen molar-refractivity contribution < 1.29 is 4.74 Å². The lowest BCUT2D eigenvalue weighted by Gasteiger charge is -2.27. The molecule has 0 amide bonds. The standard InChI is InChI=1S/C16H23NO/c1-4-6-12-15(17-13-5-2)16(18-3)14-10-8-7-9-11-14/h1,7-11,15-17H,5-6,12-13H2,2-3H3. The van der Waals surface area contributed by atoms with Crippen LogP contribution in [0, 0.1) is 12.3 Å². The summed E-state index contributed by atoms with van der Waals surface area (Å²) in [5.74, 6) is 2.71. The highest BCUT2D eigenvalue weighted by Gasteiger charge is 2.21. The molecular formula is C16H23NO. The predicted molar refractivity (Wildman–Crippen MR) is 76.3 cm³/mol. The van der Waals surface area contributed by atoms with E-state index >= 15 is 0 Å². The first-order valence-corrected chi connectivity index (χ1v) is 6.58. The van der Waals surface area contributed by atoms with Crippen LogP contribution in [-0.4, -0.2) is 19.7 Å². The van der Waals surface area contributed by atoms with Crippen LogP contribution in [0.25, 0.3) is 0 Å². The Morgan fingerprint density at radius 3 is 2.61 bits per heavy atom. The molecule has 18 heavy (non-hydrogen) atoms. The van der Waals surface area contributed by atoms with Crippen LogP contribution in [0.3, 0.4) is 0 Å². The van der Waals surface area contributed by atoms with Gasteiger partial charge in [0.2, 0.25) is 0 Å². The van der Waals surface area contributed by atoms with Crippen LogP contribution >= 0.6 is 0 Å². The van der Waals surface area contributed by atoms with Gasteiger partial charge >= 0.3 is 0 Å². The average molecular weight is 245 g/mol. The lowest BCUT2D eigenvalue weighted by atomic mass is 9.98. The number of hydrogen-bond acceptors (Lipinski definition) is 2. The number of benzene rings is 1. The van der Waals surface area contributed by atoms with E-state index in [4.69, 9.17) is 11.2 Å². The van der Waals surface area contributed by atoms with Crippen molar-refractivity contribution in [2.75, 3.05) is 13.7 Å². The summed E-state index contributed by atoms with van der Waals surface area (Å²) in [6.45, 7) is 3.15. The maximum Gasteiger partial charge on any atom is 0.0974 e. The van der Waals surface area contributed by atoms with Crippen LogP contribution in [0.4, 0.5) is 0 Å². The molecule has 0 aliphatic carbocycles. The van der Waals surface area contributed by atoms with Crippen molar-refractivity contribution in [3.63, 3.8) is 0 Å². The third kappa shape index (κ3) is 4.52. The van der Waals surface area contributed by atoms with Crippen molar-refractivity contribution in [1.29, 1.82) is 0 Å². The molecule has 2 unspecified atom stereocenters. The molecule has 0 fully saturated rings. The second-order valence-corrected chi connectivity index (χ2v) is 4.37. The number of nitrogens with one attached hydrogen (secondary N) is 1. The minimum Gasteiger partial charge on any atom is -0.375 e. The van der Waals surface area contributed by atoms with Crippen molar-refractivity contribution in [2.45, 2.75) is 38.3 Å². The number of hydrogen-bond donors (Lipinski definition) is 1. The number of terminal acetylenes is 1. The largest absolute Gasteiger partial charge is 0.375 e. The normalized spacial score (nSPS) is 13.8. The molecule has 1 aromatic rings. The Morgan fingerprint density at radius 1 is 1.33 bits per heavy atom. The Bertz CT molecular complexity index is 355. The summed E-state index contributed by atoms with van der Waals surface area (Å²) in [6.07, 6.45) is 8.24. The first-order chi connectivity index (χ1) is 8.83. The van der Waals surface area contributed by atoms with Gasteiger partial charge in [0, 0.05) is 19.6 Å². The van der Waals surface area contributed by atoms with Crippen LogP contribution in [0.2, 0.25) is 0 Å². The molecule has 1 aromatic carbocycles. The Hall–Kier alpha value is -1.30. The van der Waals surface area contributed by atoms with Crippen LogP contribution in [-0.2, 0) is 4.74 Å². The van der Waals surface area contributed by atoms with Crippen LogP contribution in [0.1, 0.15) is 37.9 Å². The molecule has 0 aromatic heterocycles. The first-order valence-electron chi connectivity index (χ1n) is 6.58. The molecule has 2 nitrogen and oxygen atoms in total. The molecule has 2 atom stereocenters. The average Bonchev–Trinajstić information content (AvgIpc) is 2.43. The molecule has 2 heteroatoms. The van der Waals surface area contributed by atoms with Gasteiger partial charge in [-0.15, -0.1) is 12.3 Å². The fourth-order valence-electron chi connectivity index (χ4n) is 2.10. The van der Waals surface area contributed by atoms with E-state index < -0.39 is 0 Å². The fourth-order valence-corrected chi connectivity index (χ4v) is 2.10. The summed E-state index contributed by atoms with van der Waals surface area (Å²) in [5, 5.41) is 3.53. The van der Waals surface area contributed by atoms with Gasteiger partial charge in [-0.3, -0.25) is 0 Å². The molecule has 1 N–H and O–H groups in total. The molecule has 0 saturated heterocycles. The lowest BCUT2D eigenvalue weighted by Crippen LogP contribution is -2.36. The Morgan fingerprint density at radius 2 is 2.06 bits per heavy atom. The maximum atomic E-state index is 5.66. The van der Waals surface area contributed by atoms with Gasteiger partial charge in [0.1, 0.15) is 0 Å². The zero-order chi connectivity index (χ0) is 13.2. The van der Waals surface area contributed by atoms with Crippen molar-refractivity contribution in [2.24, 2.45) is 0 Å². The van der Waals surface area contributed by atoms with Gasteiger partial charge < -0.3 is 10.1 Å². The van der Waals surface area contributed by atoms with Gasteiger partial charge in [-0.25, -0.2) is 0 Å². The molecule has 0 spiro atoms. The zero-order valence-electron chi connectivity index (χ0n) is 11.4. The SMILES string of the molecule is C#CCCC(NCCC)C(OC)c1ccccc1. The topological polar surface area (TPSA) is 21.3 Å². The van der Waals surface area contributed by atoms with E-state index in [-0.39, 0.29) is 12.1 Å². The van der Waals surface area contributed by atoms with Crippen molar-refractivity contribution in [1.82, 2.24) is 5.32 Å². The molecule has 0 radical (unpaired) electrons. The van der Waals surface area contributed by atoms with E-state index in [1.165, 1.54) is 5.56 Å². The van der Waals surface area contributed by atoms with E-state index in [1.807, 2.05) is 18.2 Å². The molecule has 98 valence electrons. The monoisotopic (exact) mass is 245 g/mol. The van der Waals surface area contributed by atoms with Gasteiger partial charge in [0.25, 0.3) is 0 Å². The highest BCUT2D eigenvalue weighted by molar-refractivity contribution is 5.19. The fraction of sp³-hybridized carbons (Fsp3) is 0.500. The van der Waals surface area contributed by atoms with Crippen molar-refractivity contribution in [3.05, 3.63) is 35.9 Å². The number of rotatable bonds is 8. The van der Waals surface area contributed by atoms with Crippen molar-refractivity contribution >= 4 is 0 Å². The van der Waals surface area contributed by atoms with Gasteiger partial charge in [-0.05, 0) is 24.9 Å². The van der Waals surface area contributed by atoms with E-state index in [0.29, 0.717) is 0 Å². The predicted octanol–water partition coefficient (Wildman–Crippen LogP) is 3.16. The van der Waals surface area contributed by atoms with E-state index in [9.17, 15) is 0 Å². The van der Waals surface area contributed by atoms with Crippen LogP contribution in [0.5, 0.6) is 0 Å². The molecule has 0 heterocycles. The highest BCUT2D eigenvalue weighted by atomic mass is 16.5. The highest BCUT2D eigenvalue weighted by Crippen LogP contribution is 2.23. The summed E-state index contributed by atoms with van der Waals surface area (Å²) in [6, 6.07) is 10.6. The van der Waals surface area contributed by atoms with Crippen LogP contribution < -0.4 is 5.32 Å². The maximum absolute atomic E-state index is 5.66. The Kier molecular flexibility index (Phi) is 7.17.